The lowest BCUT2D eigenvalue weighted by Gasteiger charge is -2.04. The van der Waals surface area contributed by atoms with Gasteiger partial charge in [0.1, 0.15) is 11.8 Å². The molecule has 1 heterocycles. The van der Waals surface area contributed by atoms with Gasteiger partial charge in [0.15, 0.2) is 0 Å². The summed E-state index contributed by atoms with van der Waals surface area (Å²) in [5.74, 6) is 0. The Balaban J connectivity index is 2.37. The van der Waals surface area contributed by atoms with Crippen molar-refractivity contribution >= 4 is 17.7 Å². The van der Waals surface area contributed by atoms with Crippen LogP contribution in [0.15, 0.2) is 6.20 Å². The van der Waals surface area contributed by atoms with Crippen molar-refractivity contribution in [1.29, 1.82) is 0 Å². The van der Waals surface area contributed by atoms with Crippen molar-refractivity contribution in [3.8, 4) is 0 Å². The van der Waals surface area contributed by atoms with Crippen LogP contribution in [0.25, 0.3) is 0 Å². The molecule has 1 amide bonds. The molecule has 0 unspecified atom stereocenters. The fraction of sp³-hybridized carbons (Fsp3) is 0.500. The van der Waals surface area contributed by atoms with Crippen LogP contribution in [0.1, 0.15) is 5.56 Å². The highest BCUT2D eigenvalue weighted by atomic mass is 35.5. The van der Waals surface area contributed by atoms with E-state index in [2.05, 4.69) is 10.4 Å². The molecule has 1 rings (SSSR count). The van der Waals surface area contributed by atoms with E-state index in [4.69, 9.17) is 21.4 Å². The Morgan fingerprint density at radius 3 is 3.07 bits per heavy atom. The number of carbonyl (C=O) groups excluding carboxylic acids is 1. The van der Waals surface area contributed by atoms with Crippen molar-refractivity contribution in [2.24, 2.45) is 7.05 Å². The molecule has 1 aromatic rings. The molecule has 0 atom stereocenters. The predicted molar refractivity (Wildman–Crippen MR) is 53.5 cm³/mol. The van der Waals surface area contributed by atoms with Gasteiger partial charge < -0.3 is 15.2 Å². The van der Waals surface area contributed by atoms with Gasteiger partial charge in [0.2, 0.25) is 0 Å². The highest BCUT2D eigenvalue weighted by Crippen LogP contribution is 2.14. The third-order valence-electron chi connectivity index (χ3n) is 1.68. The summed E-state index contributed by atoms with van der Waals surface area (Å²) in [5, 5.41) is 15.1. The van der Waals surface area contributed by atoms with Crippen LogP contribution < -0.4 is 5.32 Å². The number of hydrogen-bond acceptors (Lipinski definition) is 4. The van der Waals surface area contributed by atoms with Gasteiger partial charge in [0.25, 0.3) is 0 Å². The lowest BCUT2D eigenvalue weighted by molar-refractivity contribution is 0.137. The summed E-state index contributed by atoms with van der Waals surface area (Å²) in [6.45, 7) is 0.103. The average Bonchev–Trinajstić information content (AvgIpc) is 2.54. The number of carbonyl (C=O) groups is 1. The fourth-order valence-corrected chi connectivity index (χ4v) is 1.06. The summed E-state index contributed by atoms with van der Waals surface area (Å²) < 4.78 is 6.30. The van der Waals surface area contributed by atoms with E-state index in [-0.39, 0.29) is 19.8 Å². The van der Waals surface area contributed by atoms with Crippen molar-refractivity contribution in [1.82, 2.24) is 15.1 Å². The number of ether oxygens (including phenoxy) is 1. The summed E-state index contributed by atoms with van der Waals surface area (Å²) in [5.41, 5.74) is 0.637. The van der Waals surface area contributed by atoms with Crippen molar-refractivity contribution < 1.29 is 14.6 Å². The molecule has 0 fully saturated rings. The average molecular weight is 234 g/mol. The first kappa shape index (κ1) is 11.8. The molecule has 0 bridgehead atoms. The Bertz CT molecular complexity index is 340. The van der Waals surface area contributed by atoms with Crippen LogP contribution in [0.3, 0.4) is 0 Å². The molecule has 0 saturated carbocycles. The molecule has 0 aliphatic heterocycles. The maximum absolute atomic E-state index is 11.0. The zero-order valence-corrected chi connectivity index (χ0v) is 8.99. The van der Waals surface area contributed by atoms with Crippen molar-refractivity contribution in [2.75, 3.05) is 13.2 Å². The number of alkyl carbamates (subject to hydrolysis) is 1. The minimum atomic E-state index is -0.594. The van der Waals surface area contributed by atoms with Crippen LogP contribution in [0, 0.1) is 0 Å². The molecule has 84 valence electrons. The molecule has 6 nitrogen and oxygen atoms in total. The van der Waals surface area contributed by atoms with E-state index < -0.39 is 6.09 Å². The van der Waals surface area contributed by atoms with Crippen molar-refractivity contribution in [3.05, 3.63) is 16.9 Å². The number of nitrogens with zero attached hydrogens (tertiary/aromatic N) is 2. The van der Waals surface area contributed by atoms with Gasteiger partial charge in [0, 0.05) is 19.2 Å². The third-order valence-corrected chi connectivity index (χ3v) is 2.16. The first-order chi connectivity index (χ1) is 7.15. The molecule has 7 heteroatoms. The minimum Gasteiger partial charge on any atom is -0.445 e. The monoisotopic (exact) mass is 233 g/mol. The minimum absolute atomic E-state index is 0.0595. The number of nitrogens with one attached hydrogen (secondary N) is 1. The number of aryl methyl sites for hydroxylation is 1. The molecular formula is C8H12ClN3O3. The van der Waals surface area contributed by atoms with Crippen LogP contribution in [-0.4, -0.2) is 34.1 Å². The number of amides is 1. The summed E-state index contributed by atoms with van der Waals surface area (Å²) in [6.07, 6.45) is 0.936. The lowest BCUT2D eigenvalue weighted by Crippen LogP contribution is -2.26. The van der Waals surface area contributed by atoms with Gasteiger partial charge in [-0.05, 0) is 0 Å². The number of hydrogen-bond donors (Lipinski definition) is 2. The van der Waals surface area contributed by atoms with E-state index >= 15 is 0 Å². The van der Waals surface area contributed by atoms with Crippen molar-refractivity contribution in [2.45, 2.75) is 6.61 Å². The Labute approximate surface area is 91.8 Å². The molecule has 0 aliphatic rings. The van der Waals surface area contributed by atoms with E-state index in [1.807, 2.05) is 0 Å². The molecular weight excluding hydrogens is 222 g/mol. The van der Waals surface area contributed by atoms with E-state index in [0.717, 1.165) is 0 Å². The van der Waals surface area contributed by atoms with Gasteiger partial charge in [-0.3, -0.25) is 4.68 Å². The molecule has 0 saturated heterocycles. The maximum atomic E-state index is 11.0. The highest BCUT2D eigenvalue weighted by molar-refractivity contribution is 6.30. The lowest BCUT2D eigenvalue weighted by atomic mass is 10.4. The summed E-state index contributed by atoms with van der Waals surface area (Å²) in [4.78, 5) is 11.0. The molecule has 0 aliphatic carbocycles. The second-order valence-electron chi connectivity index (χ2n) is 2.81. The van der Waals surface area contributed by atoms with Crippen LogP contribution in [0.2, 0.25) is 5.15 Å². The highest BCUT2D eigenvalue weighted by Gasteiger charge is 2.08. The normalized spacial score (nSPS) is 10.1. The first-order valence-electron chi connectivity index (χ1n) is 4.33. The second kappa shape index (κ2) is 5.57. The van der Waals surface area contributed by atoms with E-state index in [9.17, 15) is 4.79 Å². The van der Waals surface area contributed by atoms with Crippen LogP contribution >= 0.6 is 11.6 Å². The predicted octanol–water partition coefficient (Wildman–Crippen LogP) is 0.292. The standard InChI is InChI=1S/C8H12ClN3O3/c1-12-7(9)6(4-11-12)5-15-8(14)10-2-3-13/h4,13H,2-3,5H2,1H3,(H,10,14). The Morgan fingerprint density at radius 2 is 2.53 bits per heavy atom. The number of aromatic nitrogens is 2. The summed E-state index contributed by atoms with van der Waals surface area (Å²) in [7, 11) is 1.69. The number of halogens is 1. The zero-order valence-electron chi connectivity index (χ0n) is 8.23. The molecule has 0 radical (unpaired) electrons. The number of aliphatic hydroxyl groups excluding tert-OH is 1. The smallest absolute Gasteiger partial charge is 0.407 e. The summed E-state index contributed by atoms with van der Waals surface area (Å²) in [6, 6.07) is 0. The molecule has 0 spiro atoms. The van der Waals surface area contributed by atoms with Crippen LogP contribution in [0.5, 0.6) is 0 Å². The molecule has 2 N–H and O–H groups in total. The second-order valence-corrected chi connectivity index (χ2v) is 3.17. The number of aliphatic hydroxyl groups is 1. The van der Waals surface area contributed by atoms with E-state index in [0.29, 0.717) is 10.7 Å². The Kier molecular flexibility index (Phi) is 4.38. The van der Waals surface area contributed by atoms with Crippen LogP contribution in [-0.2, 0) is 18.4 Å². The molecule has 15 heavy (non-hydrogen) atoms. The van der Waals surface area contributed by atoms with E-state index in [1.165, 1.54) is 10.9 Å². The van der Waals surface area contributed by atoms with Gasteiger partial charge in [-0.25, -0.2) is 4.79 Å². The van der Waals surface area contributed by atoms with Gasteiger partial charge in [-0.1, -0.05) is 11.6 Å². The zero-order chi connectivity index (χ0) is 11.3. The van der Waals surface area contributed by atoms with E-state index in [1.54, 1.807) is 7.05 Å². The molecule has 0 aromatic carbocycles. The van der Waals surface area contributed by atoms with Crippen LogP contribution in [0.4, 0.5) is 4.79 Å². The maximum Gasteiger partial charge on any atom is 0.407 e. The quantitative estimate of drug-likeness (QED) is 0.784. The van der Waals surface area contributed by atoms with Gasteiger partial charge >= 0.3 is 6.09 Å². The molecule has 1 aromatic heterocycles. The van der Waals surface area contributed by atoms with Gasteiger partial charge in [-0.15, -0.1) is 0 Å². The Hall–Kier alpha value is -1.27. The number of rotatable bonds is 4. The SMILES string of the molecule is Cn1ncc(COC(=O)NCCO)c1Cl. The fourth-order valence-electron chi connectivity index (χ4n) is 0.917. The first-order valence-corrected chi connectivity index (χ1v) is 4.70. The van der Waals surface area contributed by atoms with Crippen molar-refractivity contribution in [3.63, 3.8) is 0 Å². The summed E-state index contributed by atoms with van der Waals surface area (Å²) >= 11 is 5.85. The Morgan fingerprint density at radius 1 is 1.80 bits per heavy atom. The third kappa shape index (κ3) is 3.41. The van der Waals surface area contributed by atoms with Gasteiger partial charge in [0.05, 0.1) is 12.8 Å². The van der Waals surface area contributed by atoms with Gasteiger partial charge in [-0.2, -0.15) is 5.10 Å². The topological polar surface area (TPSA) is 76.4 Å². The largest absolute Gasteiger partial charge is 0.445 e.